The van der Waals surface area contributed by atoms with Crippen molar-refractivity contribution < 1.29 is 4.48 Å². The van der Waals surface area contributed by atoms with Crippen molar-refractivity contribution in [1.82, 2.24) is 0 Å². The van der Waals surface area contributed by atoms with Crippen LogP contribution in [0, 0.1) is 11.8 Å². The fourth-order valence-electron chi connectivity index (χ4n) is 1.12. The van der Waals surface area contributed by atoms with Gasteiger partial charge in [-0.3, -0.25) is 0 Å². The topological polar surface area (TPSA) is 0 Å². The van der Waals surface area contributed by atoms with E-state index in [2.05, 4.69) is 41.8 Å². The van der Waals surface area contributed by atoms with Crippen LogP contribution in [0.25, 0.3) is 0 Å². The SMILES string of the molecule is CC[N+](C)(C)CC(C)C(C)C. The number of hydrogen-bond donors (Lipinski definition) is 0. The Balaban J connectivity index is 3.83. The molecule has 0 fully saturated rings. The Bertz CT molecular complexity index is 105. The zero-order valence-electron chi connectivity index (χ0n) is 9.02. The van der Waals surface area contributed by atoms with Crippen molar-refractivity contribution in [3.05, 3.63) is 0 Å². The normalized spacial score (nSPS) is 15.5. The van der Waals surface area contributed by atoms with Crippen LogP contribution in [0.5, 0.6) is 0 Å². The molecule has 1 nitrogen and oxygen atoms in total. The van der Waals surface area contributed by atoms with E-state index < -0.39 is 0 Å². The van der Waals surface area contributed by atoms with Gasteiger partial charge < -0.3 is 4.48 Å². The largest absolute Gasteiger partial charge is 0.328 e. The molecule has 0 aliphatic heterocycles. The summed E-state index contributed by atoms with van der Waals surface area (Å²) in [5, 5.41) is 0. The monoisotopic (exact) mass is 158 g/mol. The van der Waals surface area contributed by atoms with Crippen LogP contribution in [0.15, 0.2) is 0 Å². The molecule has 0 rings (SSSR count). The first kappa shape index (κ1) is 11.0. The number of hydrogen-bond acceptors (Lipinski definition) is 0. The van der Waals surface area contributed by atoms with E-state index >= 15 is 0 Å². The van der Waals surface area contributed by atoms with E-state index in [4.69, 9.17) is 0 Å². The Morgan fingerprint density at radius 3 is 1.82 bits per heavy atom. The zero-order chi connectivity index (χ0) is 9.07. The van der Waals surface area contributed by atoms with Gasteiger partial charge in [-0.2, -0.15) is 0 Å². The number of rotatable bonds is 4. The molecule has 0 aliphatic carbocycles. The van der Waals surface area contributed by atoms with E-state index in [1.54, 1.807) is 0 Å². The molecule has 0 radical (unpaired) electrons. The van der Waals surface area contributed by atoms with E-state index in [1.807, 2.05) is 0 Å². The Hall–Kier alpha value is -0.0400. The van der Waals surface area contributed by atoms with E-state index in [1.165, 1.54) is 13.1 Å². The van der Waals surface area contributed by atoms with Gasteiger partial charge in [0.05, 0.1) is 27.2 Å². The second-order valence-electron chi connectivity index (χ2n) is 4.66. The van der Waals surface area contributed by atoms with Crippen molar-refractivity contribution >= 4 is 0 Å². The van der Waals surface area contributed by atoms with Gasteiger partial charge in [-0.25, -0.2) is 0 Å². The fourth-order valence-corrected chi connectivity index (χ4v) is 1.12. The highest BCUT2D eigenvalue weighted by atomic mass is 15.3. The summed E-state index contributed by atoms with van der Waals surface area (Å²) >= 11 is 0. The summed E-state index contributed by atoms with van der Waals surface area (Å²) in [6.45, 7) is 11.7. The van der Waals surface area contributed by atoms with Gasteiger partial charge in [0, 0.05) is 5.92 Å². The first-order chi connectivity index (χ1) is 4.89. The molecule has 1 atom stereocenters. The van der Waals surface area contributed by atoms with Crippen LogP contribution in [0.4, 0.5) is 0 Å². The van der Waals surface area contributed by atoms with Gasteiger partial charge in [-0.1, -0.05) is 20.8 Å². The third-order valence-corrected chi connectivity index (χ3v) is 2.78. The summed E-state index contributed by atoms with van der Waals surface area (Å²) < 4.78 is 1.15. The third-order valence-electron chi connectivity index (χ3n) is 2.78. The quantitative estimate of drug-likeness (QED) is 0.551. The minimum absolute atomic E-state index is 0.818. The van der Waals surface area contributed by atoms with Crippen LogP contribution >= 0.6 is 0 Å². The predicted octanol–water partition coefficient (Wildman–Crippen LogP) is 2.37. The van der Waals surface area contributed by atoms with Crippen LogP contribution in [0.3, 0.4) is 0 Å². The molecule has 1 unspecified atom stereocenters. The van der Waals surface area contributed by atoms with Crippen molar-refractivity contribution in [3.8, 4) is 0 Å². The van der Waals surface area contributed by atoms with Gasteiger partial charge in [0.15, 0.2) is 0 Å². The van der Waals surface area contributed by atoms with Gasteiger partial charge in [0.2, 0.25) is 0 Å². The molecular weight excluding hydrogens is 134 g/mol. The van der Waals surface area contributed by atoms with Crippen LogP contribution < -0.4 is 0 Å². The molecule has 0 amide bonds. The molecular formula is C10H24N+. The second kappa shape index (κ2) is 4.10. The first-order valence-electron chi connectivity index (χ1n) is 4.71. The van der Waals surface area contributed by atoms with Crippen molar-refractivity contribution in [2.45, 2.75) is 27.7 Å². The first-order valence-corrected chi connectivity index (χ1v) is 4.71. The standard InChI is InChI=1S/C10H24N/c1-7-11(5,6)8-10(4)9(2)3/h9-10H,7-8H2,1-6H3/q+1. The lowest BCUT2D eigenvalue weighted by Gasteiger charge is -2.32. The lowest BCUT2D eigenvalue weighted by molar-refractivity contribution is -0.892. The maximum absolute atomic E-state index is 2.35. The summed E-state index contributed by atoms with van der Waals surface area (Å²) in [4.78, 5) is 0. The van der Waals surface area contributed by atoms with Gasteiger partial charge in [0.25, 0.3) is 0 Å². The zero-order valence-corrected chi connectivity index (χ0v) is 9.02. The van der Waals surface area contributed by atoms with E-state index in [0.29, 0.717) is 0 Å². The highest BCUT2D eigenvalue weighted by molar-refractivity contribution is 4.55. The maximum Gasteiger partial charge on any atom is 0.0810 e. The van der Waals surface area contributed by atoms with Crippen LogP contribution in [-0.2, 0) is 0 Å². The lowest BCUT2D eigenvalue weighted by Crippen LogP contribution is -2.43. The minimum Gasteiger partial charge on any atom is -0.328 e. The molecule has 0 aromatic heterocycles. The average molecular weight is 158 g/mol. The van der Waals surface area contributed by atoms with Crippen LogP contribution in [0.1, 0.15) is 27.7 Å². The number of nitrogens with zero attached hydrogens (tertiary/aromatic N) is 1. The van der Waals surface area contributed by atoms with Crippen LogP contribution in [0.2, 0.25) is 0 Å². The lowest BCUT2D eigenvalue weighted by atomic mass is 9.97. The second-order valence-corrected chi connectivity index (χ2v) is 4.66. The minimum atomic E-state index is 0.818. The molecule has 68 valence electrons. The van der Waals surface area contributed by atoms with E-state index in [-0.39, 0.29) is 0 Å². The summed E-state index contributed by atoms with van der Waals surface area (Å²) in [7, 11) is 4.61. The molecule has 0 aromatic carbocycles. The molecule has 0 bridgehead atoms. The Morgan fingerprint density at radius 2 is 1.55 bits per heavy atom. The van der Waals surface area contributed by atoms with Gasteiger partial charge in [-0.05, 0) is 12.8 Å². The van der Waals surface area contributed by atoms with Crippen molar-refractivity contribution in [2.24, 2.45) is 11.8 Å². The maximum atomic E-state index is 2.35. The summed E-state index contributed by atoms with van der Waals surface area (Å²) in [6, 6.07) is 0. The van der Waals surface area contributed by atoms with Crippen LogP contribution in [-0.4, -0.2) is 31.7 Å². The van der Waals surface area contributed by atoms with Gasteiger partial charge in [0.1, 0.15) is 0 Å². The van der Waals surface area contributed by atoms with Crippen molar-refractivity contribution in [3.63, 3.8) is 0 Å². The van der Waals surface area contributed by atoms with E-state index in [0.717, 1.165) is 16.3 Å². The molecule has 0 saturated carbocycles. The average Bonchev–Trinajstić information content (AvgIpc) is 1.87. The van der Waals surface area contributed by atoms with E-state index in [9.17, 15) is 0 Å². The predicted molar refractivity (Wildman–Crippen MR) is 51.5 cm³/mol. The summed E-state index contributed by atoms with van der Waals surface area (Å²) in [5.41, 5.74) is 0. The smallest absolute Gasteiger partial charge is 0.0810 e. The molecule has 0 N–H and O–H groups in total. The molecule has 1 heteroatoms. The van der Waals surface area contributed by atoms with Gasteiger partial charge in [-0.15, -0.1) is 0 Å². The molecule has 11 heavy (non-hydrogen) atoms. The molecule has 0 heterocycles. The third kappa shape index (κ3) is 4.41. The van der Waals surface area contributed by atoms with Crippen molar-refractivity contribution in [1.29, 1.82) is 0 Å². The molecule has 0 aromatic rings. The highest BCUT2D eigenvalue weighted by Gasteiger charge is 2.18. The highest BCUT2D eigenvalue weighted by Crippen LogP contribution is 2.13. The Kier molecular flexibility index (Phi) is 4.09. The van der Waals surface area contributed by atoms with Gasteiger partial charge >= 0.3 is 0 Å². The fraction of sp³-hybridized carbons (Fsp3) is 1.00. The molecule has 0 aliphatic rings. The number of quaternary nitrogens is 1. The van der Waals surface area contributed by atoms with Crippen molar-refractivity contribution in [2.75, 3.05) is 27.2 Å². The summed E-state index contributed by atoms with van der Waals surface area (Å²) in [6.07, 6.45) is 0. The Morgan fingerprint density at radius 1 is 1.09 bits per heavy atom. The Labute approximate surface area is 72.0 Å². The molecule has 0 spiro atoms. The molecule has 0 saturated heterocycles. The summed E-state index contributed by atoms with van der Waals surface area (Å²) in [5.74, 6) is 1.66.